The molecule has 0 aromatic carbocycles. The van der Waals surface area contributed by atoms with Gasteiger partial charge in [0, 0.05) is 0 Å². The van der Waals surface area contributed by atoms with E-state index < -0.39 is 12.9 Å². The first-order chi connectivity index (χ1) is 3.97. The first kappa shape index (κ1) is 29.9. The lowest BCUT2D eigenvalue weighted by molar-refractivity contribution is -0.142. The van der Waals surface area contributed by atoms with Gasteiger partial charge in [0.25, 0.3) is 0 Å². The first-order valence-electron chi connectivity index (χ1n) is 2.16. The predicted molar refractivity (Wildman–Crippen MR) is 43.9 cm³/mol. The molecule has 0 saturated heterocycles. The maximum absolute atomic E-state index is 10.4. The third kappa shape index (κ3) is 103. The van der Waals surface area contributed by atoms with Crippen LogP contribution in [-0.4, -0.2) is 19.5 Å². The molecule has 0 bridgehead atoms. The minimum atomic E-state index is -4.62. The molecule has 0 fully saturated rings. The van der Waals surface area contributed by atoms with E-state index in [2.05, 4.69) is 0 Å². The molecule has 0 nitrogen and oxygen atoms in total. The van der Waals surface area contributed by atoms with E-state index >= 15 is 0 Å². The van der Waals surface area contributed by atoms with Gasteiger partial charge in [0.1, 0.15) is 0 Å². The average Bonchev–Trinajstić information content (AvgIpc) is 1.67. The lowest BCUT2D eigenvalue weighted by atomic mass is 10.8. The second kappa shape index (κ2) is 16.9. The Morgan fingerprint density at radius 1 is 0.917 bits per heavy atom. The molecule has 0 aromatic heterocycles. The minimum absolute atomic E-state index is 0. The van der Waals surface area contributed by atoms with Crippen LogP contribution < -0.4 is 0 Å². The van der Waals surface area contributed by atoms with Gasteiger partial charge >= 0.3 is 6.18 Å². The molecular weight excluding hydrogens is 179 g/mol. The fourth-order valence-electron chi connectivity index (χ4n) is 0. The van der Waals surface area contributed by atoms with Crippen molar-refractivity contribution >= 4 is 0 Å². The Labute approximate surface area is 71.8 Å². The first-order valence-corrected chi connectivity index (χ1v) is 2.16. The molecule has 0 amide bonds. The summed E-state index contributed by atoms with van der Waals surface area (Å²) in [5, 5.41) is 0. The summed E-state index contributed by atoms with van der Waals surface area (Å²) in [5.74, 6) is 0. The molecular formula is C7H19F5. The molecule has 0 aliphatic heterocycles. The highest BCUT2D eigenvalue weighted by atomic mass is 19.4. The van der Waals surface area contributed by atoms with Crippen molar-refractivity contribution in [2.75, 3.05) is 13.3 Å². The standard InChI is InChI=1S/C2H2F4.C2H5F.3CH4/c3-1-2(4,5)6;1-2-3;;;/h1H2;2H2,1H3;3*1H4. The Morgan fingerprint density at radius 3 is 1.00 bits per heavy atom. The summed E-state index contributed by atoms with van der Waals surface area (Å²) < 4.78 is 51.9. The SMILES string of the molecule is C.C.C.CCF.FCC(F)(F)F. The lowest BCUT2D eigenvalue weighted by Gasteiger charge is -1.93. The van der Waals surface area contributed by atoms with E-state index in [1.165, 1.54) is 6.92 Å². The third-order valence-electron chi connectivity index (χ3n) is 0.152. The van der Waals surface area contributed by atoms with E-state index in [9.17, 15) is 22.0 Å². The molecule has 0 radical (unpaired) electrons. The molecule has 82 valence electrons. The molecule has 12 heavy (non-hydrogen) atoms. The number of rotatable bonds is 0. The molecule has 0 unspecified atom stereocenters. The number of hydrogen-bond donors (Lipinski definition) is 0. The summed E-state index contributed by atoms with van der Waals surface area (Å²) >= 11 is 0. The third-order valence-corrected chi connectivity index (χ3v) is 0.152. The average molecular weight is 198 g/mol. The van der Waals surface area contributed by atoms with Gasteiger partial charge in [-0.25, -0.2) is 4.39 Å². The van der Waals surface area contributed by atoms with Gasteiger partial charge in [-0.05, 0) is 6.92 Å². The highest BCUT2D eigenvalue weighted by molar-refractivity contribution is 4.39. The van der Waals surface area contributed by atoms with Crippen LogP contribution in [0.5, 0.6) is 0 Å². The second-order valence-corrected chi connectivity index (χ2v) is 1.02. The zero-order valence-corrected chi connectivity index (χ0v) is 4.80. The van der Waals surface area contributed by atoms with Crippen LogP contribution in [0.2, 0.25) is 0 Å². The normalized spacial score (nSPS) is 7.50. The second-order valence-electron chi connectivity index (χ2n) is 1.02. The molecule has 0 rings (SSSR count). The monoisotopic (exact) mass is 198 g/mol. The summed E-state index contributed by atoms with van der Waals surface area (Å²) in [5.41, 5.74) is 0. The Morgan fingerprint density at radius 2 is 1.00 bits per heavy atom. The van der Waals surface area contributed by atoms with Gasteiger partial charge in [-0.1, -0.05) is 22.3 Å². The molecule has 0 aromatic rings. The quantitative estimate of drug-likeness (QED) is 0.506. The fraction of sp³-hybridized carbons (Fsp3) is 1.00. The zero-order chi connectivity index (χ0) is 7.91. The minimum Gasteiger partial charge on any atom is -0.251 e. The van der Waals surface area contributed by atoms with Gasteiger partial charge in [-0.15, -0.1) is 0 Å². The van der Waals surface area contributed by atoms with E-state index in [0.29, 0.717) is 0 Å². The van der Waals surface area contributed by atoms with Crippen LogP contribution in [0.25, 0.3) is 0 Å². The van der Waals surface area contributed by atoms with Crippen molar-refractivity contribution in [2.24, 2.45) is 0 Å². The highest BCUT2D eigenvalue weighted by Crippen LogP contribution is 2.13. The van der Waals surface area contributed by atoms with Crippen molar-refractivity contribution in [2.45, 2.75) is 35.4 Å². The van der Waals surface area contributed by atoms with Gasteiger partial charge in [-0.3, -0.25) is 4.39 Å². The maximum Gasteiger partial charge on any atom is 0.416 e. The number of halogens is 5. The lowest BCUT2D eigenvalue weighted by Crippen LogP contribution is -2.08. The van der Waals surface area contributed by atoms with Gasteiger partial charge < -0.3 is 0 Å². The topological polar surface area (TPSA) is 0 Å². The van der Waals surface area contributed by atoms with Gasteiger partial charge in [-0.2, -0.15) is 13.2 Å². The summed E-state index contributed by atoms with van der Waals surface area (Å²) in [7, 11) is 0. The molecule has 5 heteroatoms. The molecule has 0 N–H and O–H groups in total. The Hall–Kier alpha value is -0.350. The van der Waals surface area contributed by atoms with E-state index in [-0.39, 0.29) is 29.0 Å². The van der Waals surface area contributed by atoms with Crippen LogP contribution in [0.3, 0.4) is 0 Å². The van der Waals surface area contributed by atoms with Crippen molar-refractivity contribution in [3.8, 4) is 0 Å². The Bertz CT molecular complexity index is 50.2. The predicted octanol–water partition coefficient (Wildman–Crippen LogP) is 4.40. The summed E-state index contributed by atoms with van der Waals surface area (Å²) in [6.07, 6.45) is -4.62. The van der Waals surface area contributed by atoms with E-state index in [1.54, 1.807) is 0 Å². The maximum atomic E-state index is 10.4. The van der Waals surface area contributed by atoms with Crippen LogP contribution in [0.15, 0.2) is 0 Å². The van der Waals surface area contributed by atoms with E-state index in [4.69, 9.17) is 0 Å². The molecule has 0 aliphatic carbocycles. The van der Waals surface area contributed by atoms with Crippen LogP contribution in [0, 0.1) is 0 Å². The molecule has 0 saturated carbocycles. The van der Waals surface area contributed by atoms with Crippen LogP contribution >= 0.6 is 0 Å². The highest BCUT2D eigenvalue weighted by Gasteiger charge is 2.26. The van der Waals surface area contributed by atoms with Gasteiger partial charge in [0.15, 0.2) is 6.67 Å². The fourth-order valence-corrected chi connectivity index (χ4v) is 0. The van der Waals surface area contributed by atoms with Crippen molar-refractivity contribution in [1.29, 1.82) is 0 Å². The summed E-state index contributed by atoms with van der Waals surface area (Å²) in [6, 6.07) is 0. The Balaban J connectivity index is -0.0000000246. The van der Waals surface area contributed by atoms with E-state index in [0.717, 1.165) is 0 Å². The Kier molecular flexibility index (Phi) is 42.2. The molecule has 0 atom stereocenters. The van der Waals surface area contributed by atoms with Crippen molar-refractivity contribution in [3.05, 3.63) is 0 Å². The van der Waals surface area contributed by atoms with Crippen molar-refractivity contribution in [3.63, 3.8) is 0 Å². The smallest absolute Gasteiger partial charge is 0.251 e. The van der Waals surface area contributed by atoms with Crippen LogP contribution in [0.1, 0.15) is 29.2 Å². The van der Waals surface area contributed by atoms with Crippen LogP contribution in [0.4, 0.5) is 22.0 Å². The van der Waals surface area contributed by atoms with Crippen molar-refractivity contribution < 1.29 is 22.0 Å². The number of alkyl halides is 5. The van der Waals surface area contributed by atoms with Gasteiger partial charge in [0.05, 0.1) is 6.67 Å². The molecule has 0 aliphatic rings. The van der Waals surface area contributed by atoms with Crippen molar-refractivity contribution in [1.82, 2.24) is 0 Å². The van der Waals surface area contributed by atoms with E-state index in [1.807, 2.05) is 0 Å². The molecule has 0 spiro atoms. The summed E-state index contributed by atoms with van der Waals surface area (Å²) in [4.78, 5) is 0. The van der Waals surface area contributed by atoms with Gasteiger partial charge in [0.2, 0.25) is 0 Å². The summed E-state index contributed by atoms with van der Waals surface area (Å²) in [6.45, 7) is -1.02. The van der Waals surface area contributed by atoms with Crippen LogP contribution in [-0.2, 0) is 0 Å². The molecule has 0 heterocycles. The zero-order valence-electron chi connectivity index (χ0n) is 4.80. The number of hydrogen-bond acceptors (Lipinski definition) is 0. The largest absolute Gasteiger partial charge is 0.416 e.